The van der Waals surface area contributed by atoms with Gasteiger partial charge in [-0.2, -0.15) is 0 Å². The Balaban J connectivity index is 1.65. The van der Waals surface area contributed by atoms with E-state index in [9.17, 15) is 14.0 Å². The zero-order chi connectivity index (χ0) is 18.5. The van der Waals surface area contributed by atoms with Gasteiger partial charge in [-0.25, -0.2) is 4.39 Å². The number of para-hydroxylation sites is 1. The highest BCUT2D eigenvalue weighted by molar-refractivity contribution is 6.32. The molecule has 5 nitrogen and oxygen atoms in total. The van der Waals surface area contributed by atoms with E-state index in [1.807, 2.05) is 0 Å². The molecule has 1 heterocycles. The lowest BCUT2D eigenvalue weighted by Crippen LogP contribution is -2.29. The van der Waals surface area contributed by atoms with Gasteiger partial charge in [0.1, 0.15) is 11.6 Å². The van der Waals surface area contributed by atoms with Gasteiger partial charge in [0.15, 0.2) is 6.61 Å². The van der Waals surface area contributed by atoms with E-state index in [4.69, 9.17) is 16.3 Å². The summed E-state index contributed by atoms with van der Waals surface area (Å²) in [4.78, 5) is 26.6. The van der Waals surface area contributed by atoms with Crippen LogP contribution in [0.15, 0.2) is 42.5 Å². The van der Waals surface area contributed by atoms with E-state index in [1.54, 1.807) is 29.2 Å². The summed E-state index contributed by atoms with van der Waals surface area (Å²) in [5.41, 5.74) is 0.880. The molecule has 26 heavy (non-hydrogen) atoms. The minimum Gasteiger partial charge on any atom is -0.482 e. The zero-order valence-corrected chi connectivity index (χ0v) is 14.8. The second-order valence-electron chi connectivity index (χ2n) is 5.96. The van der Waals surface area contributed by atoms with Crippen LogP contribution in [0.1, 0.15) is 23.2 Å². The minimum absolute atomic E-state index is 0.0856. The molecule has 2 aromatic carbocycles. The quantitative estimate of drug-likeness (QED) is 0.865. The van der Waals surface area contributed by atoms with Crippen molar-refractivity contribution in [1.29, 1.82) is 0 Å². The summed E-state index contributed by atoms with van der Waals surface area (Å²) >= 11 is 5.87. The Morgan fingerprint density at radius 1 is 1.15 bits per heavy atom. The number of anilines is 1. The summed E-state index contributed by atoms with van der Waals surface area (Å²) in [6.45, 7) is 1.15. The van der Waals surface area contributed by atoms with Crippen LogP contribution in [0.4, 0.5) is 10.1 Å². The highest BCUT2D eigenvalue weighted by atomic mass is 35.5. The summed E-state index contributed by atoms with van der Waals surface area (Å²) in [7, 11) is 0. The lowest BCUT2D eigenvalue weighted by atomic mass is 10.1. The van der Waals surface area contributed by atoms with Gasteiger partial charge in [0.25, 0.3) is 11.8 Å². The number of carbonyl (C=O) groups excluding carboxylic acids is 2. The number of nitrogens with one attached hydrogen (secondary N) is 1. The minimum atomic E-state index is -0.485. The van der Waals surface area contributed by atoms with E-state index in [1.165, 1.54) is 12.1 Å². The van der Waals surface area contributed by atoms with Gasteiger partial charge in [0, 0.05) is 13.1 Å². The second-order valence-corrected chi connectivity index (χ2v) is 6.36. The van der Waals surface area contributed by atoms with Crippen LogP contribution in [0.2, 0.25) is 5.02 Å². The highest BCUT2D eigenvalue weighted by Crippen LogP contribution is 2.25. The van der Waals surface area contributed by atoms with E-state index in [-0.39, 0.29) is 23.3 Å². The molecule has 0 unspecified atom stereocenters. The molecule has 136 valence electrons. The van der Waals surface area contributed by atoms with Crippen LogP contribution >= 0.6 is 11.6 Å². The van der Waals surface area contributed by atoms with E-state index >= 15 is 0 Å². The number of hydrogen-bond acceptors (Lipinski definition) is 3. The van der Waals surface area contributed by atoms with Crippen molar-refractivity contribution >= 4 is 29.1 Å². The van der Waals surface area contributed by atoms with Crippen LogP contribution in [0, 0.1) is 5.82 Å². The molecule has 1 aliphatic rings. The number of carbonyl (C=O) groups is 2. The lowest BCUT2D eigenvalue weighted by Gasteiger charge is -2.18. The van der Waals surface area contributed by atoms with Crippen molar-refractivity contribution in [3.8, 4) is 5.75 Å². The predicted molar refractivity (Wildman–Crippen MR) is 97.1 cm³/mol. The summed E-state index contributed by atoms with van der Waals surface area (Å²) in [5.74, 6) is -0.807. The Hall–Kier alpha value is -2.60. The molecule has 0 atom stereocenters. The van der Waals surface area contributed by atoms with Gasteiger partial charge in [-0.1, -0.05) is 23.7 Å². The number of amides is 2. The summed E-state index contributed by atoms with van der Waals surface area (Å²) in [6.07, 6.45) is 1.99. The Bertz CT molecular complexity index is 822. The fourth-order valence-electron chi connectivity index (χ4n) is 2.79. The van der Waals surface area contributed by atoms with Gasteiger partial charge in [-0.3, -0.25) is 9.59 Å². The number of likely N-dealkylation sites (tertiary alicyclic amines) is 1. The Morgan fingerprint density at radius 3 is 2.62 bits per heavy atom. The SMILES string of the molecule is O=C(COc1ccc(F)cc1Cl)Nc1ccccc1C(=O)N1CCCC1. The van der Waals surface area contributed by atoms with Crippen molar-refractivity contribution in [2.75, 3.05) is 25.0 Å². The number of hydrogen-bond donors (Lipinski definition) is 1. The van der Waals surface area contributed by atoms with Crippen LogP contribution in [0.25, 0.3) is 0 Å². The first-order chi connectivity index (χ1) is 12.5. The molecular formula is C19H18ClFN2O3. The van der Waals surface area contributed by atoms with Crippen LogP contribution in [0.5, 0.6) is 5.75 Å². The van der Waals surface area contributed by atoms with E-state index in [2.05, 4.69) is 5.32 Å². The molecule has 3 rings (SSSR count). The molecule has 1 aliphatic heterocycles. The fourth-order valence-corrected chi connectivity index (χ4v) is 3.01. The van der Waals surface area contributed by atoms with Crippen molar-refractivity contribution in [1.82, 2.24) is 4.90 Å². The molecular weight excluding hydrogens is 359 g/mol. The van der Waals surface area contributed by atoms with Crippen LogP contribution in [0.3, 0.4) is 0 Å². The average molecular weight is 377 g/mol. The second kappa shape index (κ2) is 8.19. The Morgan fingerprint density at radius 2 is 1.88 bits per heavy atom. The maximum Gasteiger partial charge on any atom is 0.262 e. The van der Waals surface area contributed by atoms with Gasteiger partial charge < -0.3 is 15.0 Å². The van der Waals surface area contributed by atoms with Gasteiger partial charge in [0.05, 0.1) is 16.3 Å². The Labute approximate surface area is 155 Å². The number of rotatable bonds is 5. The smallest absolute Gasteiger partial charge is 0.262 e. The number of halogens is 2. The van der Waals surface area contributed by atoms with Crippen LogP contribution in [-0.2, 0) is 4.79 Å². The van der Waals surface area contributed by atoms with Crippen LogP contribution in [-0.4, -0.2) is 36.4 Å². The molecule has 2 amide bonds. The standard InChI is InChI=1S/C19H18ClFN2O3/c20-15-11-13(21)7-8-17(15)26-12-18(24)22-16-6-2-1-5-14(16)19(25)23-9-3-4-10-23/h1-2,5-8,11H,3-4,9-10,12H2,(H,22,24). The predicted octanol–water partition coefficient (Wildman–Crippen LogP) is 3.73. The summed E-state index contributed by atoms with van der Waals surface area (Å²) in [6, 6.07) is 10.5. The summed E-state index contributed by atoms with van der Waals surface area (Å²) in [5, 5.41) is 2.77. The average Bonchev–Trinajstić information content (AvgIpc) is 3.15. The molecule has 1 fully saturated rings. The maximum absolute atomic E-state index is 13.0. The van der Waals surface area contributed by atoms with Gasteiger partial charge in [-0.15, -0.1) is 0 Å². The normalized spacial score (nSPS) is 13.5. The molecule has 1 N–H and O–H groups in total. The van der Waals surface area contributed by atoms with Crippen molar-refractivity contribution in [3.63, 3.8) is 0 Å². The molecule has 0 aliphatic carbocycles. The van der Waals surface area contributed by atoms with E-state index < -0.39 is 11.7 Å². The van der Waals surface area contributed by atoms with Crippen molar-refractivity contribution < 1.29 is 18.7 Å². The first-order valence-electron chi connectivity index (χ1n) is 8.30. The monoisotopic (exact) mass is 376 g/mol. The molecule has 0 aromatic heterocycles. The molecule has 2 aromatic rings. The van der Waals surface area contributed by atoms with Crippen molar-refractivity contribution in [2.24, 2.45) is 0 Å². The van der Waals surface area contributed by atoms with Gasteiger partial charge >= 0.3 is 0 Å². The number of ether oxygens (including phenoxy) is 1. The van der Waals surface area contributed by atoms with Crippen molar-refractivity contribution in [3.05, 3.63) is 58.9 Å². The first kappa shape index (κ1) is 18.2. The highest BCUT2D eigenvalue weighted by Gasteiger charge is 2.22. The van der Waals surface area contributed by atoms with E-state index in [0.717, 1.165) is 32.0 Å². The summed E-state index contributed by atoms with van der Waals surface area (Å²) < 4.78 is 18.3. The fraction of sp³-hybridized carbons (Fsp3) is 0.263. The third-order valence-corrected chi connectivity index (χ3v) is 4.37. The molecule has 0 spiro atoms. The molecule has 0 saturated carbocycles. The largest absolute Gasteiger partial charge is 0.482 e. The molecule has 0 bridgehead atoms. The number of benzene rings is 2. The van der Waals surface area contributed by atoms with Crippen LogP contribution < -0.4 is 10.1 Å². The number of nitrogens with zero attached hydrogens (tertiary/aromatic N) is 1. The third kappa shape index (κ3) is 4.32. The van der Waals surface area contributed by atoms with Crippen molar-refractivity contribution in [2.45, 2.75) is 12.8 Å². The first-order valence-corrected chi connectivity index (χ1v) is 8.68. The molecule has 0 radical (unpaired) electrons. The topological polar surface area (TPSA) is 58.6 Å². The molecule has 7 heteroatoms. The van der Waals surface area contributed by atoms with Gasteiger partial charge in [0.2, 0.25) is 0 Å². The van der Waals surface area contributed by atoms with E-state index in [0.29, 0.717) is 11.3 Å². The Kier molecular flexibility index (Phi) is 5.73. The van der Waals surface area contributed by atoms with Gasteiger partial charge in [-0.05, 0) is 43.2 Å². The molecule has 1 saturated heterocycles. The third-order valence-electron chi connectivity index (χ3n) is 4.08. The zero-order valence-electron chi connectivity index (χ0n) is 14.0. The lowest BCUT2D eigenvalue weighted by molar-refractivity contribution is -0.118. The maximum atomic E-state index is 13.0.